The van der Waals surface area contributed by atoms with Crippen molar-refractivity contribution in [2.75, 3.05) is 23.8 Å². The predicted octanol–water partition coefficient (Wildman–Crippen LogP) is 1.25. The fourth-order valence-electron chi connectivity index (χ4n) is 1.63. The predicted molar refractivity (Wildman–Crippen MR) is 70.6 cm³/mol. The molecular weight excluding hydrogens is 238 g/mol. The van der Waals surface area contributed by atoms with Crippen LogP contribution in [0.2, 0.25) is 0 Å². The van der Waals surface area contributed by atoms with Gasteiger partial charge in [-0.3, -0.25) is 4.79 Å². The van der Waals surface area contributed by atoms with E-state index in [9.17, 15) is 4.79 Å². The number of benzene rings is 1. The first kappa shape index (κ1) is 11.9. The minimum atomic E-state index is -0.0925. The van der Waals surface area contributed by atoms with Crippen LogP contribution in [0.1, 0.15) is 6.92 Å². The van der Waals surface area contributed by atoms with Crippen LogP contribution in [0, 0.1) is 0 Å². The molecule has 17 heavy (non-hydrogen) atoms. The molecule has 1 heterocycles. The number of carbonyl (C=O) groups is 1. The molecule has 0 aromatic heterocycles. The summed E-state index contributed by atoms with van der Waals surface area (Å²) in [5.41, 5.74) is 1.79. The van der Waals surface area contributed by atoms with E-state index in [0.29, 0.717) is 13.2 Å². The number of anilines is 2. The van der Waals surface area contributed by atoms with Crippen LogP contribution in [0.4, 0.5) is 11.4 Å². The molecule has 0 saturated heterocycles. The number of amides is 1. The molecule has 0 spiro atoms. The Morgan fingerprint density at radius 3 is 3.12 bits per heavy atom. The monoisotopic (exact) mass is 253 g/mol. The normalized spacial score (nSPS) is 16.7. The Labute approximate surface area is 105 Å². The van der Waals surface area contributed by atoms with E-state index in [2.05, 4.69) is 28.6 Å². The molecule has 0 saturated carbocycles. The lowest BCUT2D eigenvalue weighted by atomic mass is 10.2. The number of hydrogen-bond donors (Lipinski definition) is 4. The molecule has 6 heteroatoms. The molecule has 0 bridgehead atoms. The molecule has 1 aromatic carbocycles. The van der Waals surface area contributed by atoms with Gasteiger partial charge in [-0.2, -0.15) is 0 Å². The molecule has 5 nitrogen and oxygen atoms in total. The highest BCUT2D eigenvalue weighted by molar-refractivity contribution is 7.81. The molecule has 2 rings (SSSR count). The molecule has 1 amide bonds. The van der Waals surface area contributed by atoms with E-state index in [4.69, 9.17) is 4.74 Å². The molecule has 0 radical (unpaired) electrons. The molecule has 1 aliphatic rings. The van der Waals surface area contributed by atoms with Crippen LogP contribution in [0.15, 0.2) is 18.2 Å². The van der Waals surface area contributed by atoms with Crippen molar-refractivity contribution in [3.05, 3.63) is 18.2 Å². The van der Waals surface area contributed by atoms with Gasteiger partial charge in [-0.25, -0.2) is 0 Å². The van der Waals surface area contributed by atoms with Crippen molar-refractivity contribution in [3.63, 3.8) is 0 Å². The van der Waals surface area contributed by atoms with Crippen LogP contribution in [0.5, 0.6) is 5.75 Å². The van der Waals surface area contributed by atoms with Crippen molar-refractivity contribution < 1.29 is 9.53 Å². The standard InChI is InChI=1S/C11H15N3O2S/c1-7(15)12-5-6-16-9-4-2-3-8-10(9)14-11(17)13-8/h2-4,11,13-14,17H,5-6H2,1H3,(H,12,15). The van der Waals surface area contributed by atoms with Crippen molar-refractivity contribution in [3.8, 4) is 5.75 Å². The minimum absolute atomic E-state index is 0.0536. The van der Waals surface area contributed by atoms with Crippen molar-refractivity contribution >= 4 is 29.9 Å². The highest BCUT2D eigenvalue weighted by atomic mass is 32.1. The van der Waals surface area contributed by atoms with Crippen LogP contribution in [0.25, 0.3) is 0 Å². The van der Waals surface area contributed by atoms with E-state index in [1.807, 2.05) is 18.2 Å². The number of hydrogen-bond acceptors (Lipinski definition) is 5. The van der Waals surface area contributed by atoms with Crippen molar-refractivity contribution in [1.82, 2.24) is 5.32 Å². The Morgan fingerprint density at radius 1 is 1.53 bits per heavy atom. The lowest BCUT2D eigenvalue weighted by Gasteiger charge is -2.10. The van der Waals surface area contributed by atoms with Crippen molar-refractivity contribution in [1.29, 1.82) is 0 Å². The molecule has 1 unspecified atom stereocenters. The summed E-state index contributed by atoms with van der Waals surface area (Å²) in [6.07, 6.45) is 0. The van der Waals surface area contributed by atoms with Gasteiger partial charge in [0.1, 0.15) is 23.5 Å². The van der Waals surface area contributed by atoms with Crippen LogP contribution < -0.4 is 20.7 Å². The lowest BCUT2D eigenvalue weighted by Crippen LogP contribution is -2.25. The Kier molecular flexibility index (Phi) is 3.63. The van der Waals surface area contributed by atoms with Gasteiger partial charge in [0.15, 0.2) is 0 Å². The van der Waals surface area contributed by atoms with Crippen LogP contribution in [-0.2, 0) is 4.79 Å². The van der Waals surface area contributed by atoms with Gasteiger partial charge < -0.3 is 20.7 Å². The summed E-state index contributed by atoms with van der Waals surface area (Å²) in [6, 6.07) is 5.75. The minimum Gasteiger partial charge on any atom is -0.490 e. The number of carbonyl (C=O) groups excluding carboxylic acids is 1. The molecule has 3 N–H and O–H groups in total. The van der Waals surface area contributed by atoms with Gasteiger partial charge in [-0.05, 0) is 12.1 Å². The van der Waals surface area contributed by atoms with Gasteiger partial charge in [-0.15, -0.1) is 12.6 Å². The first-order valence-electron chi connectivity index (χ1n) is 5.38. The summed E-state index contributed by atoms with van der Waals surface area (Å²) in [5, 5.41) is 8.98. The van der Waals surface area contributed by atoms with E-state index >= 15 is 0 Å². The van der Waals surface area contributed by atoms with E-state index in [1.165, 1.54) is 6.92 Å². The molecule has 1 aromatic rings. The molecule has 92 valence electrons. The van der Waals surface area contributed by atoms with Gasteiger partial charge in [0.05, 0.1) is 12.2 Å². The smallest absolute Gasteiger partial charge is 0.216 e. The lowest BCUT2D eigenvalue weighted by molar-refractivity contribution is -0.119. The average Bonchev–Trinajstić information content (AvgIpc) is 2.65. The summed E-state index contributed by atoms with van der Waals surface area (Å²) in [4.78, 5) is 10.7. The van der Waals surface area contributed by atoms with Gasteiger partial charge >= 0.3 is 0 Å². The summed E-state index contributed by atoms with van der Waals surface area (Å²) < 4.78 is 5.60. The fourth-order valence-corrected chi connectivity index (χ4v) is 1.90. The fraction of sp³-hybridized carbons (Fsp3) is 0.364. The van der Waals surface area contributed by atoms with Crippen LogP contribution in [0.3, 0.4) is 0 Å². The van der Waals surface area contributed by atoms with E-state index in [-0.39, 0.29) is 11.4 Å². The second-order valence-electron chi connectivity index (χ2n) is 3.70. The zero-order valence-electron chi connectivity index (χ0n) is 9.49. The third-order valence-corrected chi connectivity index (χ3v) is 2.59. The van der Waals surface area contributed by atoms with Crippen molar-refractivity contribution in [2.24, 2.45) is 0 Å². The second-order valence-corrected chi connectivity index (χ2v) is 4.22. The maximum atomic E-state index is 10.7. The molecule has 0 aliphatic carbocycles. The molecular formula is C11H15N3O2S. The summed E-state index contributed by atoms with van der Waals surface area (Å²) >= 11 is 4.29. The zero-order valence-corrected chi connectivity index (χ0v) is 10.4. The SMILES string of the molecule is CC(=O)NCCOc1cccc2c1NC(S)N2. The summed E-state index contributed by atoms with van der Waals surface area (Å²) in [6.45, 7) is 2.42. The van der Waals surface area contributed by atoms with E-state index < -0.39 is 0 Å². The number of para-hydroxylation sites is 1. The molecule has 0 fully saturated rings. The third kappa shape index (κ3) is 2.97. The third-order valence-electron chi connectivity index (χ3n) is 2.33. The largest absolute Gasteiger partial charge is 0.490 e. The average molecular weight is 253 g/mol. The Balaban J connectivity index is 1.94. The number of ether oxygens (including phenoxy) is 1. The summed E-state index contributed by atoms with van der Waals surface area (Å²) in [7, 11) is 0. The number of thiol groups is 1. The Bertz CT molecular complexity index is 425. The second kappa shape index (κ2) is 5.18. The van der Waals surface area contributed by atoms with Crippen LogP contribution in [-0.4, -0.2) is 24.6 Å². The Morgan fingerprint density at radius 2 is 2.35 bits per heavy atom. The van der Waals surface area contributed by atoms with Gasteiger partial charge in [0.25, 0.3) is 0 Å². The zero-order chi connectivity index (χ0) is 12.3. The summed E-state index contributed by atoms with van der Waals surface area (Å²) in [5.74, 6) is 0.707. The number of rotatable bonds is 4. The molecule has 1 aliphatic heterocycles. The number of nitrogens with one attached hydrogen (secondary N) is 3. The first-order chi connectivity index (χ1) is 8.16. The number of fused-ring (bicyclic) bond motifs is 1. The van der Waals surface area contributed by atoms with E-state index in [0.717, 1.165) is 17.1 Å². The maximum Gasteiger partial charge on any atom is 0.216 e. The Hall–Kier alpha value is -1.56. The highest BCUT2D eigenvalue weighted by Crippen LogP contribution is 2.37. The van der Waals surface area contributed by atoms with Gasteiger partial charge in [0, 0.05) is 6.92 Å². The quantitative estimate of drug-likeness (QED) is 0.482. The highest BCUT2D eigenvalue weighted by Gasteiger charge is 2.19. The van der Waals surface area contributed by atoms with Gasteiger partial charge in [0.2, 0.25) is 5.91 Å². The van der Waals surface area contributed by atoms with Gasteiger partial charge in [-0.1, -0.05) is 6.07 Å². The van der Waals surface area contributed by atoms with Crippen molar-refractivity contribution in [2.45, 2.75) is 12.4 Å². The first-order valence-corrected chi connectivity index (χ1v) is 5.90. The topological polar surface area (TPSA) is 62.4 Å². The molecule has 1 atom stereocenters. The van der Waals surface area contributed by atoms with E-state index in [1.54, 1.807) is 0 Å². The maximum absolute atomic E-state index is 10.7. The van der Waals surface area contributed by atoms with Crippen LogP contribution >= 0.6 is 12.6 Å².